The lowest BCUT2D eigenvalue weighted by Gasteiger charge is -2.19. The number of amides is 1. The first-order chi connectivity index (χ1) is 9.43. The van der Waals surface area contributed by atoms with Crippen molar-refractivity contribution >= 4 is 21.8 Å². The summed E-state index contributed by atoms with van der Waals surface area (Å²) in [5.74, 6) is 0.319. The Morgan fingerprint density at radius 3 is 2.70 bits per heavy atom. The molecule has 1 aromatic carbocycles. The van der Waals surface area contributed by atoms with E-state index in [-0.39, 0.29) is 23.7 Å². The molecule has 0 fully saturated rings. The second-order valence-corrected chi connectivity index (χ2v) is 6.01. The Morgan fingerprint density at radius 1 is 1.40 bits per heavy atom. The van der Waals surface area contributed by atoms with Gasteiger partial charge in [0.05, 0.1) is 0 Å². The van der Waals surface area contributed by atoms with Crippen molar-refractivity contribution in [2.45, 2.75) is 45.7 Å². The van der Waals surface area contributed by atoms with Crippen molar-refractivity contribution in [2.75, 3.05) is 6.54 Å². The molecule has 0 aliphatic heterocycles. The molecule has 0 aliphatic rings. The second-order valence-electron chi connectivity index (χ2n) is 5.09. The van der Waals surface area contributed by atoms with Gasteiger partial charge in [-0.1, -0.05) is 22.9 Å². The summed E-state index contributed by atoms with van der Waals surface area (Å²) < 4.78 is 0.933. The van der Waals surface area contributed by atoms with Crippen LogP contribution in [0.5, 0.6) is 5.75 Å². The maximum absolute atomic E-state index is 11.6. The molecule has 0 aromatic heterocycles. The third-order valence-electron chi connectivity index (χ3n) is 2.97. The minimum absolute atomic E-state index is 0.0411. The van der Waals surface area contributed by atoms with Gasteiger partial charge < -0.3 is 15.7 Å². The van der Waals surface area contributed by atoms with E-state index < -0.39 is 0 Å². The zero-order chi connectivity index (χ0) is 15.1. The lowest BCUT2D eigenvalue weighted by atomic mass is 10.0. The monoisotopic (exact) mass is 342 g/mol. The van der Waals surface area contributed by atoms with Gasteiger partial charge in [0, 0.05) is 35.1 Å². The molecule has 0 radical (unpaired) electrons. The van der Waals surface area contributed by atoms with Crippen LogP contribution in [0.3, 0.4) is 0 Å². The smallest absolute Gasteiger partial charge is 0.221 e. The highest BCUT2D eigenvalue weighted by atomic mass is 79.9. The van der Waals surface area contributed by atoms with Crippen LogP contribution >= 0.6 is 15.9 Å². The summed E-state index contributed by atoms with van der Waals surface area (Å²) in [7, 11) is 0. The molecule has 5 heteroatoms. The highest BCUT2D eigenvalue weighted by Crippen LogP contribution is 2.29. The summed E-state index contributed by atoms with van der Waals surface area (Å²) in [5.41, 5.74) is 0.853. The van der Waals surface area contributed by atoms with Crippen LogP contribution in [0.15, 0.2) is 22.7 Å². The third-order valence-corrected chi connectivity index (χ3v) is 3.46. The summed E-state index contributed by atoms with van der Waals surface area (Å²) >= 11 is 3.41. The summed E-state index contributed by atoms with van der Waals surface area (Å²) in [4.78, 5) is 11.6. The van der Waals surface area contributed by atoms with Crippen LogP contribution in [0.4, 0.5) is 0 Å². The van der Waals surface area contributed by atoms with E-state index in [0.29, 0.717) is 13.0 Å². The number of hydrogen-bond donors (Lipinski definition) is 3. The highest BCUT2D eigenvalue weighted by Gasteiger charge is 2.14. The van der Waals surface area contributed by atoms with Gasteiger partial charge in [0.15, 0.2) is 0 Å². The predicted octanol–water partition coefficient (Wildman–Crippen LogP) is 3.11. The fraction of sp³-hybridized carbons (Fsp3) is 0.533. The molecule has 0 saturated heterocycles. The summed E-state index contributed by atoms with van der Waals surface area (Å²) in [6.45, 7) is 6.52. The SMILES string of the molecule is CCC(NCCC(=O)NC(C)C)c1cc(Br)ccc1O. The molecule has 0 spiro atoms. The van der Waals surface area contributed by atoms with Crippen LogP contribution in [-0.4, -0.2) is 23.6 Å². The molecule has 3 N–H and O–H groups in total. The van der Waals surface area contributed by atoms with Crippen molar-refractivity contribution in [2.24, 2.45) is 0 Å². The molecular weight excluding hydrogens is 320 g/mol. The van der Waals surface area contributed by atoms with Gasteiger partial charge in [0.25, 0.3) is 0 Å². The van der Waals surface area contributed by atoms with Gasteiger partial charge in [-0.2, -0.15) is 0 Å². The zero-order valence-corrected chi connectivity index (χ0v) is 13.8. The van der Waals surface area contributed by atoms with Crippen LogP contribution in [0, 0.1) is 0 Å². The number of phenols is 1. The number of carbonyl (C=O) groups excluding carboxylic acids is 1. The van der Waals surface area contributed by atoms with Crippen LogP contribution < -0.4 is 10.6 Å². The van der Waals surface area contributed by atoms with Crippen molar-refractivity contribution < 1.29 is 9.90 Å². The first kappa shape index (κ1) is 17.0. The quantitative estimate of drug-likeness (QED) is 0.713. The average molecular weight is 343 g/mol. The Labute approximate surface area is 129 Å². The number of rotatable bonds is 7. The number of phenolic OH excluding ortho intramolecular Hbond substituents is 1. The molecular formula is C15H23BrN2O2. The van der Waals surface area contributed by atoms with E-state index in [2.05, 4.69) is 26.6 Å². The number of halogens is 1. The predicted molar refractivity (Wildman–Crippen MR) is 84.7 cm³/mol. The van der Waals surface area contributed by atoms with Crippen LogP contribution in [0.2, 0.25) is 0 Å². The van der Waals surface area contributed by atoms with Gasteiger partial charge in [-0.05, 0) is 38.5 Å². The van der Waals surface area contributed by atoms with E-state index in [1.807, 2.05) is 32.9 Å². The van der Waals surface area contributed by atoms with E-state index >= 15 is 0 Å². The Bertz CT molecular complexity index is 449. The lowest BCUT2D eigenvalue weighted by molar-refractivity contribution is -0.121. The molecule has 112 valence electrons. The Balaban J connectivity index is 2.55. The standard InChI is InChI=1S/C15H23BrN2O2/c1-4-13(12-9-11(16)5-6-14(12)19)17-8-7-15(20)18-10(2)3/h5-6,9-10,13,17,19H,4,7-8H2,1-3H3,(H,18,20). The number of benzene rings is 1. The molecule has 1 rings (SSSR count). The summed E-state index contributed by atoms with van der Waals surface area (Å²) in [6.07, 6.45) is 1.28. The first-order valence-corrected chi connectivity index (χ1v) is 7.74. The average Bonchev–Trinajstić information content (AvgIpc) is 2.37. The fourth-order valence-electron chi connectivity index (χ4n) is 2.03. The van der Waals surface area contributed by atoms with Crippen LogP contribution in [0.25, 0.3) is 0 Å². The first-order valence-electron chi connectivity index (χ1n) is 6.95. The van der Waals surface area contributed by atoms with E-state index in [4.69, 9.17) is 0 Å². The van der Waals surface area contributed by atoms with Gasteiger partial charge in [-0.25, -0.2) is 0 Å². The van der Waals surface area contributed by atoms with Gasteiger partial charge in [-0.15, -0.1) is 0 Å². The molecule has 0 aliphatic carbocycles. The number of carbonyl (C=O) groups is 1. The van der Waals surface area contributed by atoms with Gasteiger partial charge in [-0.3, -0.25) is 4.79 Å². The molecule has 1 unspecified atom stereocenters. The lowest BCUT2D eigenvalue weighted by Crippen LogP contribution is -2.33. The van der Waals surface area contributed by atoms with Gasteiger partial charge >= 0.3 is 0 Å². The van der Waals surface area contributed by atoms with E-state index in [1.165, 1.54) is 0 Å². The maximum atomic E-state index is 11.6. The van der Waals surface area contributed by atoms with Crippen molar-refractivity contribution in [3.63, 3.8) is 0 Å². The Kier molecular flexibility index (Phi) is 7.02. The van der Waals surface area contributed by atoms with Gasteiger partial charge in [0.1, 0.15) is 5.75 Å². The molecule has 20 heavy (non-hydrogen) atoms. The largest absolute Gasteiger partial charge is 0.508 e. The zero-order valence-electron chi connectivity index (χ0n) is 12.2. The van der Waals surface area contributed by atoms with Crippen molar-refractivity contribution in [1.82, 2.24) is 10.6 Å². The van der Waals surface area contributed by atoms with Crippen LogP contribution in [0.1, 0.15) is 45.2 Å². The highest BCUT2D eigenvalue weighted by molar-refractivity contribution is 9.10. The molecule has 0 saturated carbocycles. The minimum atomic E-state index is 0.0411. The molecule has 0 bridgehead atoms. The van der Waals surface area contributed by atoms with Crippen molar-refractivity contribution in [3.8, 4) is 5.75 Å². The van der Waals surface area contributed by atoms with E-state index in [9.17, 15) is 9.90 Å². The molecule has 0 heterocycles. The fourth-order valence-corrected chi connectivity index (χ4v) is 2.41. The Morgan fingerprint density at radius 2 is 2.10 bits per heavy atom. The molecule has 1 amide bonds. The topological polar surface area (TPSA) is 61.4 Å². The van der Waals surface area contributed by atoms with Crippen molar-refractivity contribution in [1.29, 1.82) is 0 Å². The molecule has 4 nitrogen and oxygen atoms in total. The van der Waals surface area contributed by atoms with Gasteiger partial charge in [0.2, 0.25) is 5.91 Å². The summed E-state index contributed by atoms with van der Waals surface area (Å²) in [5, 5.41) is 16.1. The molecule has 1 atom stereocenters. The normalized spacial score (nSPS) is 12.4. The Hall–Kier alpha value is -1.07. The third kappa shape index (κ3) is 5.51. The van der Waals surface area contributed by atoms with E-state index in [1.54, 1.807) is 6.07 Å². The minimum Gasteiger partial charge on any atom is -0.508 e. The maximum Gasteiger partial charge on any atom is 0.221 e. The number of hydrogen-bond acceptors (Lipinski definition) is 3. The number of nitrogens with one attached hydrogen (secondary N) is 2. The van der Waals surface area contributed by atoms with Crippen LogP contribution in [-0.2, 0) is 4.79 Å². The summed E-state index contributed by atoms with van der Waals surface area (Å²) in [6, 6.07) is 5.60. The molecule has 1 aromatic rings. The number of aromatic hydroxyl groups is 1. The second kappa shape index (κ2) is 8.27. The van der Waals surface area contributed by atoms with E-state index in [0.717, 1.165) is 16.5 Å². The van der Waals surface area contributed by atoms with Crippen molar-refractivity contribution in [3.05, 3.63) is 28.2 Å².